The molecule has 1 aliphatic rings. The highest BCUT2D eigenvalue weighted by Crippen LogP contribution is 2.10. The number of aromatic nitrogens is 1. The summed E-state index contributed by atoms with van der Waals surface area (Å²) in [6.07, 6.45) is 5.16. The Morgan fingerprint density at radius 2 is 2.24 bits per heavy atom. The Morgan fingerprint density at radius 3 is 2.86 bits per heavy atom. The molecule has 0 amide bonds. The first-order valence-corrected chi connectivity index (χ1v) is 7.98. The van der Waals surface area contributed by atoms with Crippen LogP contribution in [0.5, 0.6) is 0 Å². The van der Waals surface area contributed by atoms with Crippen LogP contribution in [-0.4, -0.2) is 48.2 Å². The van der Waals surface area contributed by atoms with Gasteiger partial charge < -0.3 is 20.1 Å². The third-order valence-corrected chi connectivity index (χ3v) is 3.70. The second kappa shape index (κ2) is 8.67. The minimum absolute atomic E-state index is 0.508. The van der Waals surface area contributed by atoms with E-state index in [-0.39, 0.29) is 0 Å². The lowest BCUT2D eigenvalue weighted by molar-refractivity contribution is 0.206. The van der Waals surface area contributed by atoms with Gasteiger partial charge in [0.2, 0.25) is 0 Å². The Labute approximate surface area is 127 Å². The topological polar surface area (TPSA) is 65.7 Å². The van der Waals surface area contributed by atoms with Crippen molar-refractivity contribution in [3.8, 4) is 0 Å². The SMILES string of the molecule is CCCN1CCC(NC(=NCc2ccon2)NCC)CC1. The lowest BCUT2D eigenvalue weighted by Crippen LogP contribution is -2.48. The van der Waals surface area contributed by atoms with E-state index >= 15 is 0 Å². The molecule has 1 aromatic heterocycles. The number of aliphatic imine (C=N–C) groups is 1. The fourth-order valence-electron chi connectivity index (χ4n) is 2.61. The minimum Gasteiger partial charge on any atom is -0.364 e. The average Bonchev–Trinajstić information content (AvgIpc) is 3.01. The zero-order valence-electron chi connectivity index (χ0n) is 13.1. The first-order chi connectivity index (χ1) is 10.3. The Kier molecular flexibility index (Phi) is 6.53. The van der Waals surface area contributed by atoms with Crippen molar-refractivity contribution >= 4 is 5.96 Å². The number of likely N-dealkylation sites (tertiary alicyclic amines) is 1. The van der Waals surface area contributed by atoms with E-state index in [2.05, 4.69) is 39.5 Å². The van der Waals surface area contributed by atoms with Gasteiger partial charge in [-0.2, -0.15) is 0 Å². The highest BCUT2D eigenvalue weighted by molar-refractivity contribution is 5.80. The van der Waals surface area contributed by atoms with Crippen LogP contribution >= 0.6 is 0 Å². The molecule has 0 aliphatic carbocycles. The lowest BCUT2D eigenvalue weighted by atomic mass is 10.1. The highest BCUT2D eigenvalue weighted by atomic mass is 16.5. The van der Waals surface area contributed by atoms with Gasteiger partial charge in [0, 0.05) is 31.7 Å². The Bertz CT molecular complexity index is 410. The van der Waals surface area contributed by atoms with Crippen LogP contribution in [0.15, 0.2) is 21.8 Å². The molecule has 2 rings (SSSR count). The van der Waals surface area contributed by atoms with Gasteiger partial charge in [-0.1, -0.05) is 12.1 Å². The number of nitrogens with one attached hydrogen (secondary N) is 2. The monoisotopic (exact) mass is 293 g/mol. The molecule has 1 aromatic rings. The molecule has 1 fully saturated rings. The van der Waals surface area contributed by atoms with Crippen LogP contribution in [0.3, 0.4) is 0 Å². The van der Waals surface area contributed by atoms with E-state index in [1.54, 1.807) is 6.26 Å². The van der Waals surface area contributed by atoms with Crippen LogP contribution in [0.1, 0.15) is 38.8 Å². The zero-order valence-corrected chi connectivity index (χ0v) is 13.1. The lowest BCUT2D eigenvalue weighted by Gasteiger charge is -2.32. The minimum atomic E-state index is 0.508. The second-order valence-corrected chi connectivity index (χ2v) is 5.45. The third-order valence-electron chi connectivity index (χ3n) is 3.70. The molecule has 2 N–H and O–H groups in total. The molecule has 0 unspecified atom stereocenters. The summed E-state index contributed by atoms with van der Waals surface area (Å²) in [6, 6.07) is 2.35. The summed E-state index contributed by atoms with van der Waals surface area (Å²) in [4.78, 5) is 7.10. The van der Waals surface area contributed by atoms with Crippen LogP contribution in [0.25, 0.3) is 0 Å². The van der Waals surface area contributed by atoms with Crippen molar-refractivity contribution in [2.24, 2.45) is 4.99 Å². The van der Waals surface area contributed by atoms with Gasteiger partial charge in [-0.25, -0.2) is 4.99 Å². The molecule has 0 atom stereocenters. The number of hydrogen-bond donors (Lipinski definition) is 2. The zero-order chi connectivity index (χ0) is 14.9. The number of guanidine groups is 1. The molecule has 0 spiro atoms. The molecule has 6 heteroatoms. The van der Waals surface area contributed by atoms with Gasteiger partial charge in [0.25, 0.3) is 0 Å². The molecular formula is C15H27N5O. The van der Waals surface area contributed by atoms with Crippen LogP contribution < -0.4 is 10.6 Å². The summed E-state index contributed by atoms with van der Waals surface area (Å²) in [5.41, 5.74) is 0.852. The van der Waals surface area contributed by atoms with E-state index < -0.39 is 0 Å². The molecule has 21 heavy (non-hydrogen) atoms. The van der Waals surface area contributed by atoms with Crippen molar-refractivity contribution in [1.29, 1.82) is 0 Å². The molecule has 2 heterocycles. The number of nitrogens with zero attached hydrogens (tertiary/aromatic N) is 3. The molecule has 1 aliphatic heterocycles. The molecule has 118 valence electrons. The van der Waals surface area contributed by atoms with Gasteiger partial charge in [-0.15, -0.1) is 0 Å². The Hall–Kier alpha value is -1.56. The second-order valence-electron chi connectivity index (χ2n) is 5.45. The predicted molar refractivity (Wildman–Crippen MR) is 84.2 cm³/mol. The summed E-state index contributed by atoms with van der Waals surface area (Å²) in [5.74, 6) is 0.870. The van der Waals surface area contributed by atoms with E-state index in [0.717, 1.165) is 18.2 Å². The van der Waals surface area contributed by atoms with Gasteiger partial charge in [-0.3, -0.25) is 0 Å². The molecule has 0 bridgehead atoms. The third kappa shape index (κ3) is 5.38. The standard InChI is InChI=1S/C15H27N5O/c1-3-8-20-9-5-13(6-10-20)18-15(16-4-2)17-12-14-7-11-21-19-14/h7,11,13H,3-6,8-10,12H2,1-2H3,(H2,16,17,18). The highest BCUT2D eigenvalue weighted by Gasteiger charge is 2.19. The van der Waals surface area contributed by atoms with E-state index in [4.69, 9.17) is 4.52 Å². The van der Waals surface area contributed by atoms with Gasteiger partial charge in [0.05, 0.1) is 6.54 Å². The molecule has 0 aromatic carbocycles. The van der Waals surface area contributed by atoms with Crippen molar-refractivity contribution in [1.82, 2.24) is 20.7 Å². The molecule has 1 saturated heterocycles. The van der Waals surface area contributed by atoms with Crippen LogP contribution in [-0.2, 0) is 6.54 Å². The van der Waals surface area contributed by atoms with Crippen molar-refractivity contribution in [2.75, 3.05) is 26.2 Å². The molecule has 0 radical (unpaired) electrons. The van der Waals surface area contributed by atoms with Gasteiger partial charge >= 0.3 is 0 Å². The molecular weight excluding hydrogens is 266 g/mol. The summed E-state index contributed by atoms with van der Waals surface area (Å²) in [5, 5.41) is 10.7. The van der Waals surface area contributed by atoms with Crippen LogP contribution in [0.2, 0.25) is 0 Å². The number of rotatable bonds is 6. The maximum atomic E-state index is 4.83. The van der Waals surface area contributed by atoms with E-state index in [1.807, 2.05) is 6.07 Å². The molecule has 0 saturated carbocycles. The smallest absolute Gasteiger partial charge is 0.191 e. The van der Waals surface area contributed by atoms with Gasteiger partial charge in [0.1, 0.15) is 12.0 Å². The number of piperidine rings is 1. The van der Waals surface area contributed by atoms with Crippen molar-refractivity contribution < 1.29 is 4.52 Å². The normalized spacial score (nSPS) is 17.9. The summed E-state index contributed by atoms with van der Waals surface area (Å²) in [6.45, 7) is 9.29. The van der Waals surface area contributed by atoms with E-state index in [0.29, 0.717) is 12.6 Å². The van der Waals surface area contributed by atoms with Crippen molar-refractivity contribution in [3.05, 3.63) is 18.0 Å². The average molecular weight is 293 g/mol. The fourth-order valence-corrected chi connectivity index (χ4v) is 2.61. The maximum Gasteiger partial charge on any atom is 0.191 e. The summed E-state index contributed by atoms with van der Waals surface area (Å²) < 4.78 is 4.83. The summed E-state index contributed by atoms with van der Waals surface area (Å²) in [7, 11) is 0. The predicted octanol–water partition coefficient (Wildman–Crippen LogP) is 1.60. The van der Waals surface area contributed by atoms with Crippen molar-refractivity contribution in [3.63, 3.8) is 0 Å². The maximum absolute atomic E-state index is 4.83. The Morgan fingerprint density at radius 1 is 1.43 bits per heavy atom. The molecule has 6 nitrogen and oxygen atoms in total. The first-order valence-electron chi connectivity index (χ1n) is 7.98. The quantitative estimate of drug-likeness (QED) is 0.616. The van der Waals surface area contributed by atoms with Crippen LogP contribution in [0.4, 0.5) is 0 Å². The first kappa shape index (κ1) is 15.8. The Balaban J connectivity index is 1.81. The van der Waals surface area contributed by atoms with Gasteiger partial charge in [-0.05, 0) is 32.7 Å². The fraction of sp³-hybridized carbons (Fsp3) is 0.733. The van der Waals surface area contributed by atoms with E-state index in [1.165, 1.54) is 38.9 Å². The number of hydrogen-bond acceptors (Lipinski definition) is 4. The van der Waals surface area contributed by atoms with Crippen molar-refractivity contribution in [2.45, 2.75) is 45.7 Å². The largest absolute Gasteiger partial charge is 0.364 e. The van der Waals surface area contributed by atoms with Crippen LogP contribution in [0, 0.1) is 0 Å². The summed E-state index contributed by atoms with van der Waals surface area (Å²) >= 11 is 0. The van der Waals surface area contributed by atoms with Gasteiger partial charge in [0.15, 0.2) is 5.96 Å². The van der Waals surface area contributed by atoms with E-state index in [9.17, 15) is 0 Å².